The molecular weight excluding hydrogens is 231 g/mol. The van der Waals surface area contributed by atoms with Gasteiger partial charge in [0.2, 0.25) is 5.91 Å². The summed E-state index contributed by atoms with van der Waals surface area (Å²) in [5.74, 6) is -0.0981. The van der Waals surface area contributed by atoms with Crippen molar-refractivity contribution in [2.75, 3.05) is 6.54 Å². The van der Waals surface area contributed by atoms with Crippen LogP contribution >= 0.6 is 0 Å². The highest BCUT2D eigenvalue weighted by molar-refractivity contribution is 5.82. The molecule has 1 aliphatic rings. The Morgan fingerprint density at radius 1 is 1.44 bits per heavy atom. The van der Waals surface area contributed by atoms with Crippen LogP contribution in [0.25, 0.3) is 0 Å². The predicted molar refractivity (Wildman–Crippen MR) is 68.3 cm³/mol. The molecule has 4 heteroatoms. The molecular formula is C14H19FN2O. The summed E-state index contributed by atoms with van der Waals surface area (Å²) in [6.45, 7) is 4.87. The highest BCUT2D eigenvalue weighted by Gasteiger charge is 2.27. The molecule has 1 aromatic rings. The quantitative estimate of drug-likeness (QED) is 0.868. The molecule has 0 saturated carbocycles. The molecule has 1 amide bonds. The summed E-state index contributed by atoms with van der Waals surface area (Å²) in [6.07, 6.45) is 0.568. The zero-order valence-corrected chi connectivity index (χ0v) is 10.8. The van der Waals surface area contributed by atoms with Crippen molar-refractivity contribution in [1.82, 2.24) is 4.90 Å². The Morgan fingerprint density at radius 2 is 2.17 bits per heavy atom. The van der Waals surface area contributed by atoms with Crippen molar-refractivity contribution in [3.8, 4) is 0 Å². The molecule has 1 heterocycles. The Balaban J connectivity index is 2.15. The predicted octanol–water partition coefficient (Wildman–Crippen LogP) is 1.69. The molecule has 0 spiro atoms. The number of carbonyl (C=O) groups excluding carboxylic acids is 1. The largest absolute Gasteiger partial charge is 0.337 e. The van der Waals surface area contributed by atoms with Crippen molar-refractivity contribution in [3.63, 3.8) is 0 Å². The average Bonchev–Trinajstić information content (AvgIpc) is 2.36. The maximum Gasteiger partial charge on any atom is 0.240 e. The normalized spacial score (nSPS) is 16.6. The summed E-state index contributed by atoms with van der Waals surface area (Å²) in [4.78, 5) is 13.9. The smallest absolute Gasteiger partial charge is 0.240 e. The number of benzene rings is 1. The summed E-state index contributed by atoms with van der Waals surface area (Å²) in [7, 11) is 0. The molecule has 18 heavy (non-hydrogen) atoms. The van der Waals surface area contributed by atoms with Crippen LogP contribution in [0.2, 0.25) is 0 Å². The first-order chi connectivity index (χ1) is 8.50. The molecule has 1 aromatic carbocycles. The van der Waals surface area contributed by atoms with Crippen LogP contribution < -0.4 is 5.73 Å². The zero-order valence-electron chi connectivity index (χ0n) is 10.8. The van der Waals surface area contributed by atoms with E-state index in [4.69, 9.17) is 5.73 Å². The van der Waals surface area contributed by atoms with Crippen molar-refractivity contribution in [1.29, 1.82) is 0 Å². The molecule has 1 atom stereocenters. The number of nitrogens with zero attached hydrogens (tertiary/aromatic N) is 1. The number of rotatable bonds is 2. The van der Waals surface area contributed by atoms with E-state index in [1.165, 1.54) is 6.07 Å². The van der Waals surface area contributed by atoms with Crippen LogP contribution in [0, 0.1) is 11.7 Å². The maximum atomic E-state index is 13.6. The number of fused-ring (bicyclic) bond motifs is 1. The van der Waals surface area contributed by atoms with Gasteiger partial charge in [0.05, 0.1) is 6.04 Å². The highest BCUT2D eigenvalue weighted by Crippen LogP contribution is 2.22. The molecule has 98 valence electrons. The lowest BCUT2D eigenvalue weighted by atomic mass is 9.97. The van der Waals surface area contributed by atoms with Crippen molar-refractivity contribution in [3.05, 3.63) is 35.1 Å². The Morgan fingerprint density at radius 3 is 2.83 bits per heavy atom. The maximum absolute atomic E-state index is 13.6. The molecule has 0 aromatic heterocycles. The van der Waals surface area contributed by atoms with E-state index in [1.54, 1.807) is 11.0 Å². The monoisotopic (exact) mass is 250 g/mol. The first-order valence-electron chi connectivity index (χ1n) is 6.31. The van der Waals surface area contributed by atoms with Crippen molar-refractivity contribution >= 4 is 5.91 Å². The second kappa shape index (κ2) is 5.06. The Bertz CT molecular complexity index is 459. The number of carbonyl (C=O) groups is 1. The van der Waals surface area contributed by atoms with E-state index in [-0.39, 0.29) is 17.6 Å². The number of halogens is 1. The van der Waals surface area contributed by atoms with Gasteiger partial charge in [0.15, 0.2) is 0 Å². The lowest BCUT2D eigenvalue weighted by Crippen LogP contribution is -2.48. The molecule has 0 unspecified atom stereocenters. The molecule has 2 N–H and O–H groups in total. The topological polar surface area (TPSA) is 46.3 Å². The van der Waals surface area contributed by atoms with Gasteiger partial charge in [0.25, 0.3) is 0 Å². The van der Waals surface area contributed by atoms with Gasteiger partial charge in [-0.15, -0.1) is 0 Å². The van der Waals surface area contributed by atoms with Crippen molar-refractivity contribution in [2.24, 2.45) is 11.7 Å². The van der Waals surface area contributed by atoms with Crippen LogP contribution in [-0.2, 0) is 17.8 Å². The Labute approximate surface area is 107 Å². The number of nitrogens with two attached hydrogens (primary N) is 1. The average molecular weight is 250 g/mol. The highest BCUT2D eigenvalue weighted by atomic mass is 19.1. The molecule has 0 fully saturated rings. The number of amides is 1. The standard InChI is InChI=1S/C14H19FN2O/c1-9(2)13(16)14(18)17-7-6-11-10(8-17)4-3-5-12(11)15/h3-5,9,13H,6-8,16H2,1-2H3/t13-/m0/s1. The fourth-order valence-corrected chi connectivity index (χ4v) is 2.25. The molecule has 0 saturated heterocycles. The lowest BCUT2D eigenvalue weighted by Gasteiger charge is -2.32. The first-order valence-corrected chi connectivity index (χ1v) is 6.31. The molecule has 0 aliphatic carbocycles. The molecule has 0 radical (unpaired) electrons. The first kappa shape index (κ1) is 13.0. The van der Waals surface area contributed by atoms with Gasteiger partial charge in [0, 0.05) is 13.1 Å². The zero-order chi connectivity index (χ0) is 13.3. The molecule has 0 bridgehead atoms. The summed E-state index contributed by atoms with van der Waals surface area (Å²) in [5, 5.41) is 0. The van der Waals surface area contributed by atoms with E-state index in [9.17, 15) is 9.18 Å². The fraction of sp³-hybridized carbons (Fsp3) is 0.500. The number of hydrogen-bond donors (Lipinski definition) is 1. The molecule has 2 rings (SSSR count). The second-order valence-corrected chi connectivity index (χ2v) is 5.16. The van der Waals surface area contributed by atoms with E-state index in [0.29, 0.717) is 19.5 Å². The third-order valence-corrected chi connectivity index (χ3v) is 3.52. The van der Waals surface area contributed by atoms with E-state index in [1.807, 2.05) is 19.9 Å². The molecule has 1 aliphatic heterocycles. The Hall–Kier alpha value is -1.42. The van der Waals surface area contributed by atoms with E-state index in [0.717, 1.165) is 11.1 Å². The SMILES string of the molecule is CC(C)[C@H](N)C(=O)N1CCc2c(F)cccc2C1. The lowest BCUT2D eigenvalue weighted by molar-refractivity contribution is -0.134. The summed E-state index contributed by atoms with van der Waals surface area (Å²) >= 11 is 0. The second-order valence-electron chi connectivity index (χ2n) is 5.16. The van der Waals surface area contributed by atoms with E-state index >= 15 is 0 Å². The minimum absolute atomic E-state index is 0.0417. The van der Waals surface area contributed by atoms with Gasteiger partial charge in [-0.1, -0.05) is 26.0 Å². The van der Waals surface area contributed by atoms with Gasteiger partial charge in [-0.25, -0.2) is 4.39 Å². The third-order valence-electron chi connectivity index (χ3n) is 3.52. The van der Waals surface area contributed by atoms with Crippen LogP contribution in [0.15, 0.2) is 18.2 Å². The summed E-state index contributed by atoms with van der Waals surface area (Å²) in [6, 6.07) is 4.56. The van der Waals surface area contributed by atoms with Crippen LogP contribution in [0.4, 0.5) is 4.39 Å². The van der Waals surface area contributed by atoms with E-state index < -0.39 is 6.04 Å². The van der Waals surface area contributed by atoms with Crippen LogP contribution in [-0.4, -0.2) is 23.4 Å². The van der Waals surface area contributed by atoms with Crippen LogP contribution in [0.1, 0.15) is 25.0 Å². The van der Waals surface area contributed by atoms with Gasteiger partial charge in [-0.3, -0.25) is 4.79 Å². The summed E-state index contributed by atoms with van der Waals surface area (Å²) in [5.41, 5.74) is 7.51. The van der Waals surface area contributed by atoms with E-state index in [2.05, 4.69) is 0 Å². The summed E-state index contributed by atoms with van der Waals surface area (Å²) < 4.78 is 13.6. The van der Waals surface area contributed by atoms with Gasteiger partial charge >= 0.3 is 0 Å². The third kappa shape index (κ3) is 2.38. The Kier molecular flexibility index (Phi) is 3.66. The van der Waals surface area contributed by atoms with Crippen LogP contribution in [0.3, 0.4) is 0 Å². The van der Waals surface area contributed by atoms with Gasteiger partial charge in [-0.2, -0.15) is 0 Å². The minimum atomic E-state index is -0.472. The van der Waals surface area contributed by atoms with Gasteiger partial charge in [0.1, 0.15) is 5.82 Å². The van der Waals surface area contributed by atoms with Gasteiger partial charge in [-0.05, 0) is 29.5 Å². The van der Waals surface area contributed by atoms with Crippen LogP contribution in [0.5, 0.6) is 0 Å². The van der Waals surface area contributed by atoms with Crippen molar-refractivity contribution < 1.29 is 9.18 Å². The van der Waals surface area contributed by atoms with Crippen molar-refractivity contribution in [2.45, 2.75) is 32.9 Å². The molecule has 3 nitrogen and oxygen atoms in total. The van der Waals surface area contributed by atoms with Gasteiger partial charge < -0.3 is 10.6 Å². The minimum Gasteiger partial charge on any atom is -0.337 e. The fourth-order valence-electron chi connectivity index (χ4n) is 2.25. The number of hydrogen-bond acceptors (Lipinski definition) is 2.